The highest BCUT2D eigenvalue weighted by atomic mass is 14.9. The number of hydrogen-bond donors (Lipinski definition) is 1. The monoisotopic (exact) mass is 219 g/mol. The molecule has 1 N–H and O–H groups in total. The number of nitrogens with one attached hydrogen (secondary N) is 1. The van der Waals surface area contributed by atoms with Gasteiger partial charge < -0.3 is 9.88 Å². The SMILES string of the molecule is CCCC(CC)NCc1cc(C#N)n(C)c1. The zero-order valence-corrected chi connectivity index (χ0v) is 10.5. The van der Waals surface area contributed by atoms with E-state index in [0.29, 0.717) is 6.04 Å². The van der Waals surface area contributed by atoms with Crippen LogP contribution in [0.1, 0.15) is 44.4 Å². The summed E-state index contributed by atoms with van der Waals surface area (Å²) >= 11 is 0. The van der Waals surface area contributed by atoms with Crippen molar-refractivity contribution in [2.45, 2.75) is 45.7 Å². The van der Waals surface area contributed by atoms with Crippen LogP contribution < -0.4 is 5.32 Å². The molecule has 0 aliphatic heterocycles. The van der Waals surface area contributed by atoms with Crippen molar-refractivity contribution in [1.29, 1.82) is 5.26 Å². The molecular weight excluding hydrogens is 198 g/mol. The van der Waals surface area contributed by atoms with Gasteiger partial charge >= 0.3 is 0 Å². The molecule has 0 amide bonds. The van der Waals surface area contributed by atoms with Crippen LogP contribution in [0, 0.1) is 11.3 Å². The number of nitrogens with zero attached hydrogens (tertiary/aromatic N) is 2. The Bertz CT molecular complexity index is 360. The van der Waals surface area contributed by atoms with Crippen molar-refractivity contribution in [2.24, 2.45) is 7.05 Å². The number of rotatable bonds is 6. The van der Waals surface area contributed by atoms with Crippen LogP contribution in [0.2, 0.25) is 0 Å². The van der Waals surface area contributed by atoms with Crippen molar-refractivity contribution in [3.63, 3.8) is 0 Å². The van der Waals surface area contributed by atoms with Crippen molar-refractivity contribution in [2.75, 3.05) is 0 Å². The molecule has 3 heteroatoms. The lowest BCUT2D eigenvalue weighted by Crippen LogP contribution is -2.27. The minimum absolute atomic E-state index is 0.593. The van der Waals surface area contributed by atoms with Crippen LogP contribution in [0.15, 0.2) is 12.3 Å². The standard InChI is InChI=1S/C13H21N3/c1-4-6-12(5-2)15-9-11-7-13(8-14)16(3)10-11/h7,10,12,15H,4-6,9H2,1-3H3. The largest absolute Gasteiger partial charge is 0.342 e. The molecule has 0 radical (unpaired) electrons. The van der Waals surface area contributed by atoms with Gasteiger partial charge in [0, 0.05) is 25.8 Å². The number of aryl methyl sites for hydroxylation is 1. The normalized spacial score (nSPS) is 12.4. The van der Waals surface area contributed by atoms with Crippen molar-refractivity contribution in [3.8, 4) is 6.07 Å². The fourth-order valence-corrected chi connectivity index (χ4v) is 1.90. The Morgan fingerprint density at radius 1 is 1.50 bits per heavy atom. The molecule has 0 aliphatic carbocycles. The first-order valence-electron chi connectivity index (χ1n) is 6.00. The van der Waals surface area contributed by atoms with E-state index in [0.717, 1.165) is 18.7 Å². The van der Waals surface area contributed by atoms with E-state index in [1.807, 2.05) is 23.9 Å². The first-order chi connectivity index (χ1) is 7.71. The van der Waals surface area contributed by atoms with Crippen LogP contribution in [-0.4, -0.2) is 10.6 Å². The highest BCUT2D eigenvalue weighted by molar-refractivity contribution is 5.28. The Hall–Kier alpha value is -1.27. The average molecular weight is 219 g/mol. The van der Waals surface area contributed by atoms with Crippen LogP contribution >= 0.6 is 0 Å². The molecule has 1 heterocycles. The molecule has 0 bridgehead atoms. The zero-order valence-electron chi connectivity index (χ0n) is 10.5. The average Bonchev–Trinajstić information content (AvgIpc) is 2.65. The third-order valence-electron chi connectivity index (χ3n) is 2.90. The van der Waals surface area contributed by atoms with Crippen molar-refractivity contribution < 1.29 is 0 Å². The third-order valence-corrected chi connectivity index (χ3v) is 2.90. The summed E-state index contributed by atoms with van der Waals surface area (Å²) in [6, 6.07) is 4.72. The van der Waals surface area contributed by atoms with Gasteiger partial charge in [-0.1, -0.05) is 20.3 Å². The first kappa shape index (κ1) is 12.8. The van der Waals surface area contributed by atoms with Crippen LogP contribution in [0.25, 0.3) is 0 Å². The van der Waals surface area contributed by atoms with E-state index in [-0.39, 0.29) is 0 Å². The summed E-state index contributed by atoms with van der Waals surface area (Å²) in [7, 11) is 1.91. The molecule has 88 valence electrons. The van der Waals surface area contributed by atoms with Gasteiger partial charge in [0.25, 0.3) is 0 Å². The Morgan fingerprint density at radius 3 is 2.75 bits per heavy atom. The molecule has 0 fully saturated rings. The Balaban J connectivity index is 2.50. The van der Waals surface area contributed by atoms with Gasteiger partial charge in [0.1, 0.15) is 11.8 Å². The van der Waals surface area contributed by atoms with Crippen LogP contribution in [-0.2, 0) is 13.6 Å². The first-order valence-corrected chi connectivity index (χ1v) is 6.00. The fraction of sp³-hybridized carbons (Fsp3) is 0.615. The lowest BCUT2D eigenvalue weighted by Gasteiger charge is -2.15. The summed E-state index contributed by atoms with van der Waals surface area (Å²) in [4.78, 5) is 0. The number of aromatic nitrogens is 1. The quantitative estimate of drug-likeness (QED) is 0.799. The van der Waals surface area contributed by atoms with Gasteiger partial charge in [-0.15, -0.1) is 0 Å². The maximum Gasteiger partial charge on any atom is 0.120 e. The highest BCUT2D eigenvalue weighted by Crippen LogP contribution is 2.08. The van der Waals surface area contributed by atoms with Crippen LogP contribution in [0.5, 0.6) is 0 Å². The lowest BCUT2D eigenvalue weighted by atomic mass is 10.1. The van der Waals surface area contributed by atoms with Gasteiger partial charge in [0.15, 0.2) is 0 Å². The number of hydrogen-bond acceptors (Lipinski definition) is 2. The summed E-state index contributed by atoms with van der Waals surface area (Å²) in [5.74, 6) is 0. The molecule has 1 rings (SSSR count). The summed E-state index contributed by atoms with van der Waals surface area (Å²) in [6.45, 7) is 5.27. The molecule has 0 saturated heterocycles. The van der Waals surface area contributed by atoms with Gasteiger partial charge in [-0.2, -0.15) is 5.26 Å². The molecule has 1 unspecified atom stereocenters. The van der Waals surface area contributed by atoms with Gasteiger partial charge in [-0.3, -0.25) is 0 Å². The highest BCUT2D eigenvalue weighted by Gasteiger charge is 2.06. The van der Waals surface area contributed by atoms with E-state index in [1.165, 1.54) is 18.4 Å². The molecule has 0 saturated carbocycles. The number of nitriles is 1. The topological polar surface area (TPSA) is 40.8 Å². The zero-order chi connectivity index (χ0) is 12.0. The minimum Gasteiger partial charge on any atom is -0.342 e. The van der Waals surface area contributed by atoms with E-state index in [9.17, 15) is 0 Å². The van der Waals surface area contributed by atoms with Gasteiger partial charge in [0.2, 0.25) is 0 Å². The summed E-state index contributed by atoms with van der Waals surface area (Å²) in [5.41, 5.74) is 1.91. The predicted octanol–water partition coefficient (Wildman–Crippen LogP) is 2.57. The second kappa shape index (κ2) is 6.34. The molecule has 1 atom stereocenters. The van der Waals surface area contributed by atoms with E-state index in [4.69, 9.17) is 5.26 Å². The van der Waals surface area contributed by atoms with E-state index in [1.54, 1.807) is 0 Å². The molecule has 16 heavy (non-hydrogen) atoms. The van der Waals surface area contributed by atoms with Crippen LogP contribution in [0.4, 0.5) is 0 Å². The van der Waals surface area contributed by atoms with E-state index >= 15 is 0 Å². The maximum atomic E-state index is 8.85. The van der Waals surface area contributed by atoms with Crippen molar-refractivity contribution in [3.05, 3.63) is 23.5 Å². The maximum absolute atomic E-state index is 8.85. The Morgan fingerprint density at radius 2 is 2.25 bits per heavy atom. The van der Waals surface area contributed by atoms with Crippen LogP contribution in [0.3, 0.4) is 0 Å². The van der Waals surface area contributed by atoms with Crippen molar-refractivity contribution >= 4 is 0 Å². The van der Waals surface area contributed by atoms with Gasteiger partial charge in [-0.25, -0.2) is 0 Å². The summed E-state index contributed by atoms with van der Waals surface area (Å²) < 4.78 is 1.87. The Labute approximate surface area is 98.1 Å². The molecule has 0 aliphatic rings. The van der Waals surface area contributed by atoms with E-state index in [2.05, 4.69) is 25.2 Å². The lowest BCUT2D eigenvalue weighted by molar-refractivity contribution is 0.462. The van der Waals surface area contributed by atoms with E-state index < -0.39 is 0 Å². The Kier molecular flexibility index (Phi) is 5.07. The third kappa shape index (κ3) is 3.39. The molecule has 1 aromatic heterocycles. The molecule has 0 spiro atoms. The second-order valence-electron chi connectivity index (χ2n) is 4.23. The van der Waals surface area contributed by atoms with Gasteiger partial charge in [-0.05, 0) is 24.5 Å². The minimum atomic E-state index is 0.593. The van der Waals surface area contributed by atoms with Gasteiger partial charge in [0.05, 0.1) is 0 Å². The second-order valence-corrected chi connectivity index (χ2v) is 4.23. The fourth-order valence-electron chi connectivity index (χ4n) is 1.90. The predicted molar refractivity (Wildman–Crippen MR) is 66.0 cm³/mol. The summed E-state index contributed by atoms with van der Waals surface area (Å²) in [6.07, 6.45) is 5.61. The molecular formula is C13H21N3. The molecule has 1 aromatic rings. The summed E-state index contributed by atoms with van der Waals surface area (Å²) in [5, 5.41) is 12.4. The smallest absolute Gasteiger partial charge is 0.120 e. The molecule has 0 aromatic carbocycles. The molecule has 3 nitrogen and oxygen atoms in total. The van der Waals surface area contributed by atoms with Crippen molar-refractivity contribution in [1.82, 2.24) is 9.88 Å².